The Hall–Kier alpha value is -1.80. The molecule has 0 aliphatic carbocycles. The lowest BCUT2D eigenvalue weighted by atomic mass is 9.98. The monoisotopic (exact) mass is 397 g/mol. The number of benzene rings is 1. The third kappa shape index (κ3) is 5.35. The first-order valence-corrected chi connectivity index (χ1v) is 11.0. The Kier molecular flexibility index (Phi) is 7.49. The SMILES string of the molecule is CCOc1ccc(N(CC)S(=O)(=O)N2CCCC(C(=O)NC(C)C)C2)cc1. The van der Waals surface area contributed by atoms with Crippen molar-refractivity contribution in [3.8, 4) is 5.75 Å². The normalized spacial score (nSPS) is 18.3. The largest absolute Gasteiger partial charge is 0.494 e. The van der Waals surface area contributed by atoms with Crippen molar-refractivity contribution in [2.75, 3.05) is 30.5 Å². The molecular weight excluding hydrogens is 366 g/mol. The molecule has 1 aliphatic rings. The van der Waals surface area contributed by atoms with E-state index in [4.69, 9.17) is 4.74 Å². The quantitative estimate of drug-likeness (QED) is 0.731. The summed E-state index contributed by atoms with van der Waals surface area (Å²) in [6.45, 7) is 9.04. The zero-order valence-electron chi connectivity index (χ0n) is 16.6. The van der Waals surface area contributed by atoms with E-state index in [1.54, 1.807) is 31.2 Å². The molecule has 1 fully saturated rings. The number of amides is 1. The van der Waals surface area contributed by atoms with Crippen molar-refractivity contribution in [3.05, 3.63) is 24.3 Å². The van der Waals surface area contributed by atoms with Gasteiger partial charge in [0.1, 0.15) is 5.75 Å². The van der Waals surface area contributed by atoms with Gasteiger partial charge in [0.15, 0.2) is 0 Å². The molecular formula is C19H31N3O4S. The maximum Gasteiger partial charge on any atom is 0.304 e. The van der Waals surface area contributed by atoms with Crippen LogP contribution in [0.2, 0.25) is 0 Å². The predicted molar refractivity (Wildman–Crippen MR) is 107 cm³/mol. The fourth-order valence-corrected chi connectivity index (χ4v) is 4.98. The van der Waals surface area contributed by atoms with Crippen LogP contribution in [-0.4, -0.2) is 50.9 Å². The van der Waals surface area contributed by atoms with Crippen LogP contribution < -0.4 is 14.4 Å². The van der Waals surface area contributed by atoms with E-state index >= 15 is 0 Å². The standard InChI is InChI=1S/C19H31N3O4S/c1-5-22(17-9-11-18(12-10-17)26-6-2)27(24,25)21-13-7-8-16(14-21)19(23)20-15(3)4/h9-12,15-16H,5-8,13-14H2,1-4H3,(H,20,23). The molecule has 1 unspecified atom stereocenters. The van der Waals surface area contributed by atoms with Crippen LogP contribution in [-0.2, 0) is 15.0 Å². The lowest BCUT2D eigenvalue weighted by Crippen LogP contribution is -2.51. The highest BCUT2D eigenvalue weighted by molar-refractivity contribution is 7.90. The van der Waals surface area contributed by atoms with Crippen LogP contribution in [0, 0.1) is 5.92 Å². The van der Waals surface area contributed by atoms with Crippen molar-refractivity contribution >= 4 is 21.8 Å². The van der Waals surface area contributed by atoms with Gasteiger partial charge in [-0.2, -0.15) is 12.7 Å². The molecule has 1 atom stereocenters. The van der Waals surface area contributed by atoms with Gasteiger partial charge in [0.05, 0.1) is 18.2 Å². The number of nitrogens with zero attached hydrogens (tertiary/aromatic N) is 2. The van der Waals surface area contributed by atoms with E-state index in [-0.39, 0.29) is 24.4 Å². The van der Waals surface area contributed by atoms with Crippen LogP contribution in [0.3, 0.4) is 0 Å². The molecule has 1 aromatic rings. The number of rotatable bonds is 8. The van der Waals surface area contributed by atoms with Gasteiger partial charge in [-0.25, -0.2) is 0 Å². The second kappa shape index (κ2) is 9.41. The molecule has 0 bridgehead atoms. The van der Waals surface area contributed by atoms with Crippen LogP contribution >= 0.6 is 0 Å². The van der Waals surface area contributed by atoms with Gasteiger partial charge < -0.3 is 10.1 Å². The molecule has 1 aliphatic heterocycles. The van der Waals surface area contributed by atoms with Crippen LogP contribution in [0.25, 0.3) is 0 Å². The lowest BCUT2D eigenvalue weighted by Gasteiger charge is -2.35. The Morgan fingerprint density at radius 3 is 2.52 bits per heavy atom. The van der Waals surface area contributed by atoms with Crippen molar-refractivity contribution in [2.45, 2.75) is 46.6 Å². The van der Waals surface area contributed by atoms with Gasteiger partial charge in [-0.3, -0.25) is 9.10 Å². The number of carbonyl (C=O) groups excluding carboxylic acids is 1. The highest BCUT2D eigenvalue weighted by Crippen LogP contribution is 2.27. The fourth-order valence-electron chi connectivity index (χ4n) is 3.26. The first-order valence-electron chi connectivity index (χ1n) is 9.60. The number of piperidine rings is 1. The van der Waals surface area contributed by atoms with Crippen molar-refractivity contribution in [1.82, 2.24) is 9.62 Å². The Morgan fingerprint density at radius 1 is 1.30 bits per heavy atom. The van der Waals surface area contributed by atoms with E-state index in [9.17, 15) is 13.2 Å². The van der Waals surface area contributed by atoms with Crippen molar-refractivity contribution < 1.29 is 17.9 Å². The molecule has 0 spiro atoms. The van der Waals surface area contributed by atoms with Gasteiger partial charge in [-0.05, 0) is 64.8 Å². The van der Waals surface area contributed by atoms with Gasteiger partial charge in [0, 0.05) is 25.7 Å². The van der Waals surface area contributed by atoms with Crippen LogP contribution in [0.15, 0.2) is 24.3 Å². The molecule has 7 nitrogen and oxygen atoms in total. The number of nitrogens with one attached hydrogen (secondary N) is 1. The number of anilines is 1. The van der Waals surface area contributed by atoms with Gasteiger partial charge in [-0.15, -0.1) is 0 Å². The Balaban J connectivity index is 2.17. The summed E-state index contributed by atoms with van der Waals surface area (Å²) in [5, 5.41) is 2.89. The summed E-state index contributed by atoms with van der Waals surface area (Å²) in [5.74, 6) is 0.321. The van der Waals surface area contributed by atoms with E-state index in [0.717, 1.165) is 0 Å². The molecule has 0 saturated carbocycles. The average Bonchev–Trinajstić information content (AvgIpc) is 2.63. The highest BCUT2D eigenvalue weighted by atomic mass is 32.2. The number of hydrogen-bond acceptors (Lipinski definition) is 4. The molecule has 8 heteroatoms. The summed E-state index contributed by atoms with van der Waals surface area (Å²) in [7, 11) is -3.70. The molecule has 0 aromatic heterocycles. The molecule has 2 rings (SSSR count). The van der Waals surface area contributed by atoms with E-state index < -0.39 is 10.2 Å². The summed E-state index contributed by atoms with van der Waals surface area (Å²) in [6, 6.07) is 7.08. The van der Waals surface area contributed by atoms with Gasteiger partial charge in [0.25, 0.3) is 0 Å². The minimum atomic E-state index is -3.70. The Bertz CT molecular complexity index is 719. The van der Waals surface area contributed by atoms with Crippen LogP contribution in [0.4, 0.5) is 5.69 Å². The van der Waals surface area contributed by atoms with E-state index in [0.29, 0.717) is 44.0 Å². The average molecular weight is 398 g/mol. The maximum atomic E-state index is 13.2. The van der Waals surface area contributed by atoms with Crippen molar-refractivity contribution in [2.24, 2.45) is 5.92 Å². The molecule has 27 heavy (non-hydrogen) atoms. The number of ether oxygens (including phenoxy) is 1. The lowest BCUT2D eigenvalue weighted by molar-refractivity contribution is -0.126. The summed E-state index contributed by atoms with van der Waals surface area (Å²) in [6.07, 6.45) is 1.38. The first-order chi connectivity index (χ1) is 12.8. The second-order valence-corrected chi connectivity index (χ2v) is 8.81. The maximum absolute atomic E-state index is 13.2. The van der Waals surface area contributed by atoms with Gasteiger partial charge in [-0.1, -0.05) is 0 Å². The molecule has 152 valence electrons. The molecule has 1 heterocycles. The smallest absolute Gasteiger partial charge is 0.304 e. The van der Waals surface area contributed by atoms with E-state index in [1.807, 2.05) is 20.8 Å². The minimum absolute atomic E-state index is 0.0421. The molecule has 1 saturated heterocycles. The Labute approximate surface area is 162 Å². The van der Waals surface area contributed by atoms with Gasteiger partial charge in [0.2, 0.25) is 5.91 Å². The minimum Gasteiger partial charge on any atom is -0.494 e. The topological polar surface area (TPSA) is 79.0 Å². The summed E-state index contributed by atoms with van der Waals surface area (Å²) in [5.41, 5.74) is 0.592. The second-order valence-electron chi connectivity index (χ2n) is 6.96. The van der Waals surface area contributed by atoms with Crippen LogP contribution in [0.5, 0.6) is 5.75 Å². The molecule has 1 N–H and O–H groups in total. The van der Waals surface area contributed by atoms with Gasteiger partial charge >= 0.3 is 10.2 Å². The molecule has 0 radical (unpaired) electrons. The zero-order chi connectivity index (χ0) is 20.0. The Morgan fingerprint density at radius 2 is 1.96 bits per heavy atom. The summed E-state index contributed by atoms with van der Waals surface area (Å²) in [4.78, 5) is 12.3. The predicted octanol–water partition coefficient (Wildman–Crippen LogP) is 2.39. The third-order valence-corrected chi connectivity index (χ3v) is 6.52. The third-order valence-electron chi connectivity index (χ3n) is 4.51. The first kappa shape index (κ1) is 21.5. The van der Waals surface area contributed by atoms with E-state index in [2.05, 4.69) is 5.32 Å². The van der Waals surface area contributed by atoms with Crippen molar-refractivity contribution in [3.63, 3.8) is 0 Å². The number of hydrogen-bond donors (Lipinski definition) is 1. The number of carbonyl (C=O) groups is 1. The molecule has 1 amide bonds. The summed E-state index contributed by atoms with van der Waals surface area (Å²) < 4.78 is 34.7. The molecule has 1 aromatic carbocycles. The van der Waals surface area contributed by atoms with E-state index in [1.165, 1.54) is 8.61 Å². The summed E-state index contributed by atoms with van der Waals surface area (Å²) >= 11 is 0. The zero-order valence-corrected chi connectivity index (χ0v) is 17.5. The highest BCUT2D eigenvalue weighted by Gasteiger charge is 2.35. The fraction of sp³-hybridized carbons (Fsp3) is 0.632. The van der Waals surface area contributed by atoms with Crippen LogP contribution in [0.1, 0.15) is 40.5 Å². The van der Waals surface area contributed by atoms with Crippen molar-refractivity contribution in [1.29, 1.82) is 0 Å².